The molecule has 0 heterocycles. The smallest absolute Gasteiger partial charge is 0.243 e. The van der Waals surface area contributed by atoms with Crippen molar-refractivity contribution >= 4 is 35.0 Å². The van der Waals surface area contributed by atoms with E-state index in [-0.39, 0.29) is 30.8 Å². The summed E-state index contributed by atoms with van der Waals surface area (Å²) in [5, 5.41) is 4.14. The first-order valence-electron chi connectivity index (χ1n) is 11.0. The van der Waals surface area contributed by atoms with E-state index in [9.17, 15) is 9.59 Å². The molecule has 166 valence electrons. The maximum absolute atomic E-state index is 13.5. The summed E-state index contributed by atoms with van der Waals surface area (Å²) in [6.07, 6.45) is 4.99. The van der Waals surface area contributed by atoms with Crippen molar-refractivity contribution in [1.82, 2.24) is 10.2 Å². The minimum Gasteiger partial charge on any atom is -0.352 e. The standard InChI is InChI=1S/C25H30Cl2N2O2/c1-3-23(25(31)28-19-11-6-7-12-19)29(16-20-21(26)13-8-14-22(20)27)24(30)15-18-10-5-4-9-17(18)2/h4-5,8-10,13-14,19,23H,3,6-7,11-12,15-16H2,1-2H3,(H,28,31)/t23-/m0/s1. The number of benzene rings is 2. The van der Waals surface area contributed by atoms with Crippen LogP contribution in [0.1, 0.15) is 55.7 Å². The first-order valence-corrected chi connectivity index (χ1v) is 11.7. The average molecular weight is 461 g/mol. The third-order valence-corrected chi connectivity index (χ3v) is 6.79. The number of nitrogens with zero attached hydrogens (tertiary/aromatic N) is 1. The third kappa shape index (κ3) is 6.02. The molecule has 1 aliphatic rings. The van der Waals surface area contributed by atoms with Crippen molar-refractivity contribution < 1.29 is 9.59 Å². The molecular weight excluding hydrogens is 431 g/mol. The first-order chi connectivity index (χ1) is 14.9. The van der Waals surface area contributed by atoms with Gasteiger partial charge in [0.05, 0.1) is 6.42 Å². The third-order valence-electron chi connectivity index (χ3n) is 6.08. The number of halogens is 2. The van der Waals surface area contributed by atoms with Gasteiger partial charge in [-0.3, -0.25) is 9.59 Å². The molecule has 4 nitrogen and oxygen atoms in total. The van der Waals surface area contributed by atoms with Crippen LogP contribution < -0.4 is 5.32 Å². The monoisotopic (exact) mass is 460 g/mol. The van der Waals surface area contributed by atoms with Crippen LogP contribution in [0.3, 0.4) is 0 Å². The van der Waals surface area contributed by atoms with Crippen LogP contribution in [0.15, 0.2) is 42.5 Å². The Morgan fingerprint density at radius 3 is 2.32 bits per heavy atom. The minimum atomic E-state index is -0.579. The predicted octanol–water partition coefficient (Wildman–Crippen LogP) is 5.71. The molecule has 1 atom stereocenters. The maximum atomic E-state index is 13.5. The molecule has 1 N–H and O–H groups in total. The van der Waals surface area contributed by atoms with Crippen molar-refractivity contribution in [3.8, 4) is 0 Å². The van der Waals surface area contributed by atoms with Crippen molar-refractivity contribution in [2.24, 2.45) is 0 Å². The van der Waals surface area contributed by atoms with Crippen LogP contribution in [-0.2, 0) is 22.6 Å². The summed E-state index contributed by atoms with van der Waals surface area (Å²) in [5.41, 5.74) is 2.67. The second-order valence-electron chi connectivity index (χ2n) is 8.24. The zero-order valence-corrected chi connectivity index (χ0v) is 19.7. The Bertz CT molecular complexity index is 905. The van der Waals surface area contributed by atoms with Crippen molar-refractivity contribution in [1.29, 1.82) is 0 Å². The number of hydrogen-bond donors (Lipinski definition) is 1. The van der Waals surface area contributed by atoms with E-state index < -0.39 is 6.04 Å². The summed E-state index contributed by atoms with van der Waals surface area (Å²) in [6, 6.07) is 12.7. The van der Waals surface area contributed by atoms with Crippen LogP contribution in [0, 0.1) is 6.92 Å². The Labute approximate surface area is 194 Å². The molecule has 0 radical (unpaired) electrons. The molecule has 0 aromatic heterocycles. The van der Waals surface area contributed by atoms with E-state index in [1.807, 2.05) is 38.1 Å². The average Bonchev–Trinajstić information content (AvgIpc) is 3.24. The fraction of sp³-hybridized carbons (Fsp3) is 0.440. The van der Waals surface area contributed by atoms with Crippen LogP contribution in [0.25, 0.3) is 0 Å². The summed E-state index contributed by atoms with van der Waals surface area (Å²) < 4.78 is 0. The summed E-state index contributed by atoms with van der Waals surface area (Å²) in [4.78, 5) is 28.3. The molecule has 2 aromatic rings. The normalized spacial score (nSPS) is 15.0. The molecule has 1 aliphatic carbocycles. The Hall–Kier alpha value is -2.04. The van der Waals surface area contributed by atoms with Gasteiger partial charge in [-0.1, -0.05) is 73.3 Å². The molecule has 2 aromatic carbocycles. The lowest BCUT2D eigenvalue weighted by atomic mass is 10.0. The Morgan fingerprint density at radius 2 is 1.71 bits per heavy atom. The first kappa shape index (κ1) is 23.6. The van der Waals surface area contributed by atoms with Gasteiger partial charge < -0.3 is 10.2 Å². The van der Waals surface area contributed by atoms with Gasteiger partial charge in [-0.15, -0.1) is 0 Å². The van der Waals surface area contributed by atoms with Gasteiger partial charge in [0, 0.05) is 28.2 Å². The molecule has 0 aliphatic heterocycles. The molecule has 6 heteroatoms. The number of hydrogen-bond acceptors (Lipinski definition) is 2. The number of amides is 2. The van der Waals surface area contributed by atoms with Gasteiger partial charge in [0.25, 0.3) is 0 Å². The van der Waals surface area contributed by atoms with Gasteiger partial charge in [0.1, 0.15) is 6.04 Å². The highest BCUT2D eigenvalue weighted by Gasteiger charge is 2.31. The molecular formula is C25H30Cl2N2O2. The van der Waals surface area contributed by atoms with Crippen LogP contribution in [0.5, 0.6) is 0 Å². The van der Waals surface area contributed by atoms with E-state index >= 15 is 0 Å². The maximum Gasteiger partial charge on any atom is 0.243 e. The van der Waals surface area contributed by atoms with Gasteiger partial charge in [0.15, 0.2) is 0 Å². The molecule has 3 rings (SSSR count). The van der Waals surface area contributed by atoms with Gasteiger partial charge in [0.2, 0.25) is 11.8 Å². The zero-order valence-electron chi connectivity index (χ0n) is 18.2. The van der Waals surface area contributed by atoms with Gasteiger partial charge in [-0.25, -0.2) is 0 Å². The Morgan fingerprint density at radius 1 is 1.06 bits per heavy atom. The predicted molar refractivity (Wildman–Crippen MR) is 126 cm³/mol. The lowest BCUT2D eigenvalue weighted by molar-refractivity contribution is -0.141. The summed E-state index contributed by atoms with van der Waals surface area (Å²) >= 11 is 12.8. The van der Waals surface area contributed by atoms with E-state index in [2.05, 4.69) is 5.32 Å². The fourth-order valence-electron chi connectivity index (χ4n) is 4.21. The fourth-order valence-corrected chi connectivity index (χ4v) is 4.73. The number of aryl methyl sites for hydroxylation is 1. The van der Waals surface area contributed by atoms with E-state index in [1.54, 1.807) is 23.1 Å². The Kier molecular flexibility index (Phi) is 8.39. The molecule has 0 unspecified atom stereocenters. The lowest BCUT2D eigenvalue weighted by Crippen LogP contribution is -2.51. The molecule has 0 saturated heterocycles. The van der Waals surface area contributed by atoms with Crippen molar-refractivity contribution in [3.63, 3.8) is 0 Å². The molecule has 2 amide bonds. The zero-order chi connectivity index (χ0) is 22.4. The molecule has 0 spiro atoms. The van der Waals surface area contributed by atoms with Gasteiger partial charge >= 0.3 is 0 Å². The van der Waals surface area contributed by atoms with Crippen molar-refractivity contribution in [2.45, 2.75) is 71.0 Å². The van der Waals surface area contributed by atoms with Crippen molar-refractivity contribution in [3.05, 3.63) is 69.2 Å². The molecule has 0 bridgehead atoms. The number of carbonyl (C=O) groups is 2. The SMILES string of the molecule is CC[C@@H](C(=O)NC1CCCC1)N(Cc1c(Cl)cccc1Cl)C(=O)Cc1ccccc1C. The largest absolute Gasteiger partial charge is 0.352 e. The second kappa shape index (κ2) is 11.0. The van der Waals surface area contributed by atoms with Gasteiger partial charge in [-0.05, 0) is 49.4 Å². The van der Waals surface area contributed by atoms with Crippen LogP contribution in [0.4, 0.5) is 0 Å². The highest BCUT2D eigenvalue weighted by atomic mass is 35.5. The number of carbonyl (C=O) groups excluding carboxylic acids is 2. The molecule has 1 fully saturated rings. The highest BCUT2D eigenvalue weighted by Crippen LogP contribution is 2.28. The van der Waals surface area contributed by atoms with Crippen molar-refractivity contribution in [2.75, 3.05) is 0 Å². The molecule has 31 heavy (non-hydrogen) atoms. The van der Waals surface area contributed by atoms with E-state index in [0.29, 0.717) is 22.0 Å². The molecule has 1 saturated carbocycles. The van der Waals surface area contributed by atoms with Crippen LogP contribution in [-0.4, -0.2) is 28.8 Å². The quantitative estimate of drug-likeness (QED) is 0.548. The minimum absolute atomic E-state index is 0.101. The van der Waals surface area contributed by atoms with E-state index in [4.69, 9.17) is 23.2 Å². The van der Waals surface area contributed by atoms with Crippen LogP contribution in [0.2, 0.25) is 10.0 Å². The number of nitrogens with one attached hydrogen (secondary N) is 1. The van der Waals surface area contributed by atoms with Crippen LogP contribution >= 0.6 is 23.2 Å². The lowest BCUT2D eigenvalue weighted by Gasteiger charge is -2.32. The second-order valence-corrected chi connectivity index (χ2v) is 9.05. The summed E-state index contributed by atoms with van der Waals surface area (Å²) in [6.45, 7) is 4.11. The highest BCUT2D eigenvalue weighted by molar-refractivity contribution is 6.36. The Balaban J connectivity index is 1.88. The topological polar surface area (TPSA) is 49.4 Å². The van der Waals surface area contributed by atoms with Gasteiger partial charge in [-0.2, -0.15) is 0 Å². The summed E-state index contributed by atoms with van der Waals surface area (Å²) in [5.74, 6) is -0.214. The van der Waals surface area contributed by atoms with E-state index in [0.717, 1.165) is 36.8 Å². The van der Waals surface area contributed by atoms with E-state index in [1.165, 1.54) is 0 Å². The summed E-state index contributed by atoms with van der Waals surface area (Å²) in [7, 11) is 0. The number of rotatable bonds is 8.